The number of pyridine rings is 1. The molecule has 0 aliphatic carbocycles. The Morgan fingerprint density at radius 2 is 1.87 bits per heavy atom. The third kappa shape index (κ3) is 5.87. The first-order valence-electron chi connectivity index (χ1n) is 10.0. The van der Waals surface area contributed by atoms with Crippen LogP contribution in [0.25, 0.3) is 5.65 Å². The van der Waals surface area contributed by atoms with Gasteiger partial charge in [-0.25, -0.2) is 0 Å². The highest BCUT2D eigenvalue weighted by molar-refractivity contribution is 5.85. The molecule has 0 aliphatic heterocycles. The molecule has 1 atom stereocenters. The number of hydrogen-bond acceptors (Lipinski definition) is 6. The summed E-state index contributed by atoms with van der Waals surface area (Å²) in [5.74, 6) is 0.0195. The number of nitrogens with zero attached hydrogens (tertiary/aromatic N) is 3. The van der Waals surface area contributed by atoms with Gasteiger partial charge in [-0.1, -0.05) is 36.4 Å². The third-order valence-corrected chi connectivity index (χ3v) is 4.65. The summed E-state index contributed by atoms with van der Waals surface area (Å²) < 4.78 is 7.72. The van der Waals surface area contributed by atoms with Crippen LogP contribution < -0.4 is 16.4 Å². The van der Waals surface area contributed by atoms with Crippen LogP contribution in [-0.2, 0) is 27.5 Å². The van der Waals surface area contributed by atoms with Gasteiger partial charge < -0.3 is 21.1 Å². The van der Waals surface area contributed by atoms with Gasteiger partial charge in [-0.05, 0) is 31.5 Å². The predicted molar refractivity (Wildman–Crippen MR) is 116 cm³/mol. The average molecular weight is 425 g/mol. The molecule has 0 radical (unpaired) electrons. The maximum Gasteiger partial charge on any atom is 0.240 e. The summed E-state index contributed by atoms with van der Waals surface area (Å²) in [4.78, 5) is 24.0. The van der Waals surface area contributed by atoms with Gasteiger partial charge in [-0.2, -0.15) is 0 Å². The Balaban J connectivity index is 1.89. The summed E-state index contributed by atoms with van der Waals surface area (Å²) in [6.07, 6.45) is 0. The highest BCUT2D eigenvalue weighted by Crippen LogP contribution is 2.18. The number of fused-ring (bicyclic) bond motifs is 1. The lowest BCUT2D eigenvalue weighted by Gasteiger charge is -2.24. The standard InChI is InChI=1S/C22H28N6O3/c1-15(29)24-12-17-10-7-11-19-26-27-20(28(17)19)18(25-21(30)22(2,3)23)14-31-13-16-8-5-4-6-9-16/h4-11,18H,12-14,23H2,1-3H3,(H,24,29)(H,25,30)/t18-/m1/s1. The molecule has 3 aromatic rings. The van der Waals surface area contributed by atoms with Crippen LogP contribution in [0, 0.1) is 0 Å². The van der Waals surface area contributed by atoms with Gasteiger partial charge in [0, 0.05) is 12.6 Å². The molecule has 2 aromatic heterocycles. The molecule has 164 valence electrons. The van der Waals surface area contributed by atoms with Crippen molar-refractivity contribution in [1.82, 2.24) is 25.2 Å². The van der Waals surface area contributed by atoms with Gasteiger partial charge in [-0.3, -0.25) is 14.0 Å². The Hall–Kier alpha value is -3.30. The third-order valence-electron chi connectivity index (χ3n) is 4.65. The van der Waals surface area contributed by atoms with Gasteiger partial charge in [-0.15, -0.1) is 10.2 Å². The molecule has 0 bridgehead atoms. The summed E-state index contributed by atoms with van der Waals surface area (Å²) in [6.45, 7) is 5.58. The predicted octanol–water partition coefficient (Wildman–Crippen LogP) is 1.48. The normalized spacial score (nSPS) is 12.5. The zero-order chi connectivity index (χ0) is 22.4. The molecular weight excluding hydrogens is 396 g/mol. The number of aromatic nitrogens is 3. The zero-order valence-corrected chi connectivity index (χ0v) is 18.0. The first kappa shape index (κ1) is 22.4. The van der Waals surface area contributed by atoms with Crippen molar-refractivity contribution in [3.8, 4) is 0 Å². The summed E-state index contributed by atoms with van der Waals surface area (Å²) in [5.41, 5.74) is 7.31. The topological polar surface area (TPSA) is 124 Å². The summed E-state index contributed by atoms with van der Waals surface area (Å²) in [5, 5.41) is 14.3. The van der Waals surface area contributed by atoms with Crippen molar-refractivity contribution >= 4 is 17.5 Å². The smallest absolute Gasteiger partial charge is 0.240 e. The Labute approximate surface area is 181 Å². The van der Waals surface area contributed by atoms with Crippen LogP contribution in [0.4, 0.5) is 0 Å². The molecule has 2 heterocycles. The molecule has 9 heteroatoms. The fourth-order valence-electron chi connectivity index (χ4n) is 3.00. The second-order valence-corrected chi connectivity index (χ2v) is 7.93. The molecule has 4 N–H and O–H groups in total. The van der Waals surface area contributed by atoms with Crippen molar-refractivity contribution in [2.75, 3.05) is 6.61 Å². The lowest BCUT2D eigenvalue weighted by atomic mass is 10.1. The van der Waals surface area contributed by atoms with E-state index in [4.69, 9.17) is 10.5 Å². The van der Waals surface area contributed by atoms with Crippen LogP contribution in [0.5, 0.6) is 0 Å². The molecule has 2 amide bonds. The van der Waals surface area contributed by atoms with Crippen molar-refractivity contribution in [1.29, 1.82) is 0 Å². The second kappa shape index (κ2) is 9.67. The zero-order valence-electron chi connectivity index (χ0n) is 18.0. The summed E-state index contributed by atoms with van der Waals surface area (Å²) in [7, 11) is 0. The Morgan fingerprint density at radius 3 is 2.55 bits per heavy atom. The number of nitrogens with two attached hydrogens (primary N) is 1. The van der Waals surface area contributed by atoms with Crippen LogP contribution in [0.1, 0.15) is 43.9 Å². The van der Waals surface area contributed by atoms with E-state index in [0.29, 0.717) is 24.6 Å². The highest BCUT2D eigenvalue weighted by Gasteiger charge is 2.28. The molecule has 31 heavy (non-hydrogen) atoms. The largest absolute Gasteiger partial charge is 0.374 e. The van der Waals surface area contributed by atoms with E-state index < -0.39 is 11.6 Å². The van der Waals surface area contributed by atoms with Gasteiger partial charge in [0.15, 0.2) is 11.5 Å². The van der Waals surface area contributed by atoms with Crippen LogP contribution in [-0.4, -0.2) is 38.6 Å². The van der Waals surface area contributed by atoms with Gasteiger partial charge in [0.05, 0.1) is 25.3 Å². The molecule has 3 rings (SSSR count). The Kier molecular flexibility index (Phi) is 6.98. The minimum atomic E-state index is -1.07. The maximum atomic E-state index is 12.6. The van der Waals surface area contributed by atoms with Gasteiger partial charge in [0.2, 0.25) is 11.8 Å². The van der Waals surface area contributed by atoms with E-state index in [0.717, 1.165) is 11.3 Å². The van der Waals surface area contributed by atoms with Crippen LogP contribution in [0.3, 0.4) is 0 Å². The molecular formula is C22H28N6O3. The molecule has 0 saturated carbocycles. The Morgan fingerprint density at radius 1 is 1.13 bits per heavy atom. The minimum Gasteiger partial charge on any atom is -0.374 e. The van der Waals surface area contributed by atoms with Gasteiger partial charge >= 0.3 is 0 Å². The van der Waals surface area contributed by atoms with E-state index in [1.54, 1.807) is 13.8 Å². The summed E-state index contributed by atoms with van der Waals surface area (Å²) in [6, 6.07) is 14.7. The van der Waals surface area contributed by atoms with E-state index >= 15 is 0 Å². The SMILES string of the molecule is CC(=O)NCc1cccc2nnc([C@@H](COCc3ccccc3)NC(=O)C(C)(C)N)n12. The molecule has 0 spiro atoms. The fourth-order valence-corrected chi connectivity index (χ4v) is 3.00. The Bertz CT molecular complexity index is 1040. The van der Waals surface area contributed by atoms with Crippen LogP contribution in [0.15, 0.2) is 48.5 Å². The number of carbonyl (C=O) groups is 2. The van der Waals surface area contributed by atoms with Crippen molar-refractivity contribution < 1.29 is 14.3 Å². The van der Waals surface area contributed by atoms with Crippen molar-refractivity contribution in [2.45, 2.75) is 45.5 Å². The number of carbonyl (C=O) groups excluding carboxylic acids is 2. The first-order chi connectivity index (χ1) is 14.8. The van der Waals surface area contributed by atoms with Crippen molar-refractivity contribution in [3.63, 3.8) is 0 Å². The molecule has 0 aliphatic rings. The van der Waals surface area contributed by atoms with Gasteiger partial charge in [0.1, 0.15) is 6.04 Å². The molecule has 0 saturated heterocycles. The van der Waals surface area contributed by atoms with Crippen LogP contribution >= 0.6 is 0 Å². The highest BCUT2D eigenvalue weighted by atomic mass is 16.5. The van der Waals surface area contributed by atoms with E-state index in [9.17, 15) is 9.59 Å². The molecule has 9 nitrogen and oxygen atoms in total. The second-order valence-electron chi connectivity index (χ2n) is 7.93. The van der Waals surface area contributed by atoms with E-state index in [2.05, 4.69) is 20.8 Å². The first-order valence-corrected chi connectivity index (χ1v) is 10.0. The molecule has 0 unspecified atom stereocenters. The van der Waals surface area contributed by atoms with Crippen LogP contribution in [0.2, 0.25) is 0 Å². The number of amides is 2. The monoisotopic (exact) mass is 424 g/mol. The number of hydrogen-bond donors (Lipinski definition) is 3. The van der Waals surface area contributed by atoms with E-state index in [1.165, 1.54) is 6.92 Å². The number of benzene rings is 1. The van der Waals surface area contributed by atoms with Crippen molar-refractivity contribution in [2.24, 2.45) is 5.73 Å². The average Bonchev–Trinajstić information content (AvgIpc) is 3.16. The maximum absolute atomic E-state index is 12.6. The minimum absolute atomic E-state index is 0.146. The van der Waals surface area contributed by atoms with E-state index in [1.807, 2.05) is 52.9 Å². The number of rotatable bonds is 9. The molecule has 0 fully saturated rings. The summed E-state index contributed by atoms with van der Waals surface area (Å²) >= 11 is 0. The van der Waals surface area contributed by atoms with Crippen molar-refractivity contribution in [3.05, 3.63) is 65.6 Å². The lowest BCUT2D eigenvalue weighted by molar-refractivity contribution is -0.126. The molecule has 1 aromatic carbocycles. The fraction of sp³-hybridized carbons (Fsp3) is 0.364. The lowest BCUT2D eigenvalue weighted by Crippen LogP contribution is -2.51. The van der Waals surface area contributed by atoms with Gasteiger partial charge in [0.25, 0.3) is 0 Å². The number of ether oxygens (including phenoxy) is 1. The quantitative estimate of drug-likeness (QED) is 0.478. The number of nitrogens with one attached hydrogen (secondary N) is 2. The van der Waals surface area contributed by atoms with E-state index in [-0.39, 0.29) is 18.4 Å².